The number of hydrogen-bond acceptors (Lipinski definition) is 5. The van der Waals surface area contributed by atoms with Crippen molar-refractivity contribution < 1.29 is 0 Å². The molecule has 6 heteroatoms. The number of para-hydroxylation sites is 1. The van der Waals surface area contributed by atoms with E-state index in [1.54, 1.807) is 6.20 Å². The first-order valence-electron chi connectivity index (χ1n) is 6.58. The van der Waals surface area contributed by atoms with Crippen LogP contribution in [0.2, 0.25) is 5.02 Å². The van der Waals surface area contributed by atoms with Crippen molar-refractivity contribution in [3.05, 3.63) is 41.6 Å². The summed E-state index contributed by atoms with van der Waals surface area (Å²) in [7, 11) is 0. The van der Waals surface area contributed by atoms with Crippen molar-refractivity contribution in [1.29, 1.82) is 0 Å². The summed E-state index contributed by atoms with van der Waals surface area (Å²) in [4.78, 5) is 10.5. The molecule has 0 saturated carbocycles. The molecular weight excluding hydrogens is 274 g/mol. The van der Waals surface area contributed by atoms with Gasteiger partial charge in [0.1, 0.15) is 5.02 Å². The van der Waals surface area contributed by atoms with E-state index in [0.717, 1.165) is 25.1 Å². The highest BCUT2D eigenvalue weighted by molar-refractivity contribution is 6.33. The maximum Gasteiger partial charge on any atom is 0.239 e. The van der Waals surface area contributed by atoms with Crippen LogP contribution in [-0.2, 0) is 0 Å². The first-order valence-corrected chi connectivity index (χ1v) is 6.95. The lowest BCUT2D eigenvalue weighted by Crippen LogP contribution is -2.21. The van der Waals surface area contributed by atoms with Crippen LogP contribution in [0.25, 0.3) is 0 Å². The Balaban J connectivity index is 2.40. The Morgan fingerprint density at radius 3 is 2.70 bits per heavy atom. The molecule has 106 valence electrons. The third-order valence-electron chi connectivity index (χ3n) is 2.91. The van der Waals surface area contributed by atoms with Gasteiger partial charge in [-0.15, -0.1) is 0 Å². The van der Waals surface area contributed by atoms with E-state index in [9.17, 15) is 0 Å². The van der Waals surface area contributed by atoms with Gasteiger partial charge in [-0.25, -0.2) is 10.8 Å². The monoisotopic (exact) mass is 291 g/mol. The topological polar surface area (TPSA) is 67.1 Å². The Hall–Kier alpha value is -1.85. The Bertz CT molecular complexity index is 547. The molecule has 0 fully saturated rings. The number of aromatic nitrogens is 2. The average molecular weight is 292 g/mol. The maximum absolute atomic E-state index is 6.24. The van der Waals surface area contributed by atoms with Crippen molar-refractivity contribution in [2.45, 2.75) is 19.8 Å². The number of halogens is 1. The van der Waals surface area contributed by atoms with E-state index in [-0.39, 0.29) is 0 Å². The van der Waals surface area contributed by atoms with E-state index in [2.05, 4.69) is 27.2 Å². The van der Waals surface area contributed by atoms with Crippen molar-refractivity contribution in [2.75, 3.05) is 16.9 Å². The van der Waals surface area contributed by atoms with Crippen LogP contribution in [-0.4, -0.2) is 16.5 Å². The van der Waals surface area contributed by atoms with Gasteiger partial charge in [-0.2, -0.15) is 4.98 Å². The molecular formula is C14H18ClN5. The van der Waals surface area contributed by atoms with Crippen LogP contribution in [0.4, 0.5) is 17.5 Å². The minimum atomic E-state index is 0.349. The van der Waals surface area contributed by atoms with Crippen molar-refractivity contribution in [3.63, 3.8) is 0 Å². The van der Waals surface area contributed by atoms with Crippen LogP contribution in [0.3, 0.4) is 0 Å². The number of nitrogen functional groups attached to an aromatic ring is 1. The van der Waals surface area contributed by atoms with Gasteiger partial charge in [-0.3, -0.25) is 5.43 Å². The first kappa shape index (κ1) is 14.6. The second kappa shape index (κ2) is 7.07. The number of nitrogens with two attached hydrogens (primary N) is 1. The lowest BCUT2D eigenvalue weighted by molar-refractivity contribution is 0.778. The Labute approximate surface area is 123 Å². The molecule has 2 rings (SSSR count). The second-order valence-corrected chi connectivity index (χ2v) is 4.76. The van der Waals surface area contributed by atoms with Gasteiger partial charge in [0, 0.05) is 12.2 Å². The number of benzene rings is 1. The zero-order valence-corrected chi connectivity index (χ0v) is 12.1. The fourth-order valence-corrected chi connectivity index (χ4v) is 2.09. The smallest absolute Gasteiger partial charge is 0.239 e. The van der Waals surface area contributed by atoms with Gasteiger partial charge in [-0.05, 0) is 18.6 Å². The Kier molecular flexibility index (Phi) is 5.15. The number of hydrazine groups is 1. The minimum Gasteiger partial charge on any atom is -0.325 e. The fourth-order valence-electron chi connectivity index (χ4n) is 1.90. The summed E-state index contributed by atoms with van der Waals surface area (Å²) < 4.78 is 0. The third kappa shape index (κ3) is 3.37. The standard InChI is InChI=1S/C14H18ClN5/c1-2-3-9-20(11-7-5-4-6-8-11)13-12(15)10-17-14(18-13)19-16/h4-8,10H,2-3,9,16H2,1H3,(H,17,18,19). The fraction of sp³-hybridized carbons (Fsp3) is 0.286. The van der Waals surface area contributed by atoms with Crippen LogP contribution in [0.1, 0.15) is 19.8 Å². The van der Waals surface area contributed by atoms with Crippen LogP contribution in [0, 0.1) is 0 Å². The molecule has 0 amide bonds. The van der Waals surface area contributed by atoms with Crippen molar-refractivity contribution >= 4 is 29.1 Å². The number of nitrogens with one attached hydrogen (secondary N) is 1. The number of unbranched alkanes of at least 4 members (excludes halogenated alkanes) is 1. The highest BCUT2D eigenvalue weighted by Crippen LogP contribution is 2.30. The molecule has 0 aliphatic heterocycles. The lowest BCUT2D eigenvalue weighted by Gasteiger charge is -2.24. The molecule has 0 atom stereocenters. The molecule has 1 heterocycles. The van der Waals surface area contributed by atoms with Crippen LogP contribution in [0.15, 0.2) is 36.5 Å². The second-order valence-electron chi connectivity index (χ2n) is 4.35. The summed E-state index contributed by atoms with van der Waals surface area (Å²) in [6.07, 6.45) is 3.69. The molecule has 0 radical (unpaired) electrons. The van der Waals surface area contributed by atoms with Gasteiger partial charge in [-0.1, -0.05) is 43.1 Å². The normalized spacial score (nSPS) is 10.3. The van der Waals surface area contributed by atoms with E-state index in [0.29, 0.717) is 16.8 Å². The number of hydrogen-bond donors (Lipinski definition) is 2. The summed E-state index contributed by atoms with van der Waals surface area (Å²) in [5.74, 6) is 6.38. The summed E-state index contributed by atoms with van der Waals surface area (Å²) in [5, 5.41) is 0.504. The van der Waals surface area contributed by atoms with E-state index in [4.69, 9.17) is 17.4 Å². The van der Waals surface area contributed by atoms with Gasteiger partial charge >= 0.3 is 0 Å². The SMILES string of the molecule is CCCCN(c1ccccc1)c1nc(NN)ncc1Cl. The molecule has 0 aliphatic carbocycles. The minimum absolute atomic E-state index is 0.349. The molecule has 3 N–H and O–H groups in total. The Morgan fingerprint density at radius 1 is 1.30 bits per heavy atom. The van der Waals surface area contributed by atoms with Gasteiger partial charge < -0.3 is 4.90 Å². The zero-order valence-electron chi connectivity index (χ0n) is 11.4. The van der Waals surface area contributed by atoms with E-state index >= 15 is 0 Å². The quantitative estimate of drug-likeness (QED) is 0.631. The zero-order chi connectivity index (χ0) is 14.4. The number of anilines is 3. The first-order chi connectivity index (χ1) is 9.76. The molecule has 0 saturated heterocycles. The molecule has 0 aliphatic rings. The average Bonchev–Trinajstić information content (AvgIpc) is 2.50. The maximum atomic E-state index is 6.24. The highest BCUT2D eigenvalue weighted by atomic mass is 35.5. The largest absolute Gasteiger partial charge is 0.325 e. The predicted octanol–water partition coefficient (Wildman–Crippen LogP) is 3.35. The molecule has 5 nitrogen and oxygen atoms in total. The van der Waals surface area contributed by atoms with E-state index in [1.165, 1.54) is 0 Å². The molecule has 1 aromatic carbocycles. The van der Waals surface area contributed by atoms with Crippen molar-refractivity contribution in [2.24, 2.45) is 5.84 Å². The summed E-state index contributed by atoms with van der Waals surface area (Å²) in [5.41, 5.74) is 3.50. The lowest BCUT2D eigenvalue weighted by atomic mass is 10.2. The predicted molar refractivity (Wildman–Crippen MR) is 83.2 cm³/mol. The summed E-state index contributed by atoms with van der Waals surface area (Å²) in [6.45, 7) is 2.99. The molecule has 1 aromatic heterocycles. The Morgan fingerprint density at radius 2 is 2.05 bits per heavy atom. The van der Waals surface area contributed by atoms with Crippen LogP contribution in [0.5, 0.6) is 0 Å². The summed E-state index contributed by atoms with van der Waals surface area (Å²) in [6, 6.07) is 10.0. The van der Waals surface area contributed by atoms with Gasteiger partial charge in [0.2, 0.25) is 5.95 Å². The van der Waals surface area contributed by atoms with Gasteiger partial charge in [0.15, 0.2) is 5.82 Å². The van der Waals surface area contributed by atoms with Crippen LogP contribution < -0.4 is 16.2 Å². The van der Waals surface area contributed by atoms with Crippen LogP contribution >= 0.6 is 11.6 Å². The number of nitrogens with zero attached hydrogens (tertiary/aromatic N) is 3. The van der Waals surface area contributed by atoms with Gasteiger partial charge in [0.05, 0.1) is 6.20 Å². The number of rotatable bonds is 6. The van der Waals surface area contributed by atoms with Crippen molar-refractivity contribution in [3.8, 4) is 0 Å². The molecule has 20 heavy (non-hydrogen) atoms. The third-order valence-corrected chi connectivity index (χ3v) is 3.18. The van der Waals surface area contributed by atoms with E-state index < -0.39 is 0 Å². The molecule has 0 unspecified atom stereocenters. The summed E-state index contributed by atoms with van der Waals surface area (Å²) >= 11 is 6.24. The van der Waals surface area contributed by atoms with E-state index in [1.807, 2.05) is 30.3 Å². The highest BCUT2D eigenvalue weighted by Gasteiger charge is 2.15. The van der Waals surface area contributed by atoms with Crippen molar-refractivity contribution in [1.82, 2.24) is 9.97 Å². The molecule has 0 bridgehead atoms. The molecule has 0 spiro atoms. The molecule has 2 aromatic rings. The van der Waals surface area contributed by atoms with Gasteiger partial charge in [0.25, 0.3) is 0 Å².